The number of hydrogen-bond donors (Lipinski definition) is 1. The second-order valence-electron chi connectivity index (χ2n) is 11.6. The van der Waals surface area contributed by atoms with Gasteiger partial charge >= 0.3 is 11.9 Å². The van der Waals surface area contributed by atoms with Gasteiger partial charge in [0.15, 0.2) is 5.78 Å². The van der Waals surface area contributed by atoms with Gasteiger partial charge in [0.2, 0.25) is 0 Å². The van der Waals surface area contributed by atoms with Crippen LogP contribution in [-0.4, -0.2) is 36.6 Å². The zero-order valence-electron chi connectivity index (χ0n) is 21.5. The van der Waals surface area contributed by atoms with E-state index in [-0.39, 0.29) is 23.1 Å². The van der Waals surface area contributed by atoms with Crippen LogP contribution in [0.3, 0.4) is 0 Å². The largest absolute Gasteiger partial charge is 0.465 e. The molecule has 0 heterocycles. The maximum Gasteiger partial charge on any atom is 0.316 e. The Kier molecular flexibility index (Phi) is 7.26. The van der Waals surface area contributed by atoms with Crippen molar-refractivity contribution in [2.45, 2.75) is 91.9 Å². The molecule has 190 valence electrons. The number of hydrogen-bond acceptors (Lipinski definition) is 6. The first kappa shape index (κ1) is 25.4. The number of fused-ring (bicyclic) bond motifs is 5. The Hall–Kier alpha value is -1.72. The Morgan fingerprint density at radius 3 is 2.06 bits per heavy atom. The summed E-state index contributed by atoms with van der Waals surface area (Å²) in [5.41, 5.74) is 0.208. The Morgan fingerprint density at radius 2 is 1.41 bits per heavy atom. The van der Waals surface area contributed by atoms with Gasteiger partial charge < -0.3 is 14.9 Å². The Labute approximate surface area is 204 Å². The number of rotatable bonds is 5. The first-order chi connectivity index (χ1) is 16.2. The van der Waals surface area contributed by atoms with Crippen molar-refractivity contribution in [3.05, 3.63) is 0 Å². The molecule has 0 amide bonds. The van der Waals surface area contributed by atoms with Crippen molar-refractivity contribution in [2.75, 3.05) is 13.2 Å². The van der Waals surface area contributed by atoms with E-state index in [1.54, 1.807) is 6.92 Å². The molecule has 8 atom stereocenters. The SMILES string of the molecule is CCOC(=O)C1CCC2C3CCC4(C)C(=O)C(C(=O)OCC)CCC4C3CCC2(CC)CC1=N. The molecule has 6 heteroatoms. The van der Waals surface area contributed by atoms with E-state index in [1.807, 2.05) is 6.92 Å². The second-order valence-corrected chi connectivity index (χ2v) is 11.6. The lowest BCUT2D eigenvalue weighted by Gasteiger charge is -2.60. The van der Waals surface area contributed by atoms with Gasteiger partial charge in [0.1, 0.15) is 5.92 Å². The topological polar surface area (TPSA) is 93.5 Å². The summed E-state index contributed by atoms with van der Waals surface area (Å²) >= 11 is 0. The third-order valence-electron chi connectivity index (χ3n) is 10.4. The minimum Gasteiger partial charge on any atom is -0.465 e. The molecule has 4 rings (SSSR count). The van der Waals surface area contributed by atoms with E-state index in [4.69, 9.17) is 14.9 Å². The predicted octanol–water partition coefficient (Wildman–Crippen LogP) is 5.37. The number of nitrogens with one attached hydrogen (secondary N) is 1. The average molecular weight is 474 g/mol. The van der Waals surface area contributed by atoms with Crippen molar-refractivity contribution in [1.82, 2.24) is 0 Å². The molecule has 1 N–H and O–H groups in total. The molecule has 0 aliphatic heterocycles. The Bertz CT molecular complexity index is 839. The van der Waals surface area contributed by atoms with Crippen molar-refractivity contribution in [3.63, 3.8) is 0 Å². The molecule has 6 nitrogen and oxygen atoms in total. The van der Waals surface area contributed by atoms with Gasteiger partial charge in [-0.25, -0.2) is 0 Å². The first-order valence-electron chi connectivity index (χ1n) is 13.7. The Balaban J connectivity index is 1.57. The van der Waals surface area contributed by atoms with Crippen LogP contribution in [0.1, 0.15) is 91.9 Å². The molecule has 0 aromatic rings. The summed E-state index contributed by atoms with van der Waals surface area (Å²) in [6.45, 7) is 8.66. The van der Waals surface area contributed by atoms with Crippen molar-refractivity contribution < 1.29 is 23.9 Å². The maximum atomic E-state index is 13.6. The molecule has 0 radical (unpaired) electrons. The van der Waals surface area contributed by atoms with Gasteiger partial charge in [-0.3, -0.25) is 14.4 Å². The second kappa shape index (κ2) is 9.73. The highest BCUT2D eigenvalue weighted by Gasteiger charge is 2.60. The molecule has 0 aromatic carbocycles. The third-order valence-corrected chi connectivity index (χ3v) is 10.4. The van der Waals surface area contributed by atoms with Crippen LogP contribution in [0, 0.1) is 51.7 Å². The van der Waals surface area contributed by atoms with Crippen LogP contribution in [0.15, 0.2) is 0 Å². The van der Waals surface area contributed by atoms with Gasteiger partial charge in [-0.15, -0.1) is 0 Å². The summed E-state index contributed by atoms with van der Waals surface area (Å²) in [7, 11) is 0. The predicted molar refractivity (Wildman–Crippen MR) is 129 cm³/mol. The average Bonchev–Trinajstić information content (AvgIpc) is 2.96. The van der Waals surface area contributed by atoms with E-state index in [0.29, 0.717) is 61.9 Å². The maximum absolute atomic E-state index is 13.6. The molecule has 4 saturated carbocycles. The summed E-state index contributed by atoms with van der Waals surface area (Å²) in [4.78, 5) is 38.7. The number of carbonyl (C=O) groups excluding carboxylic acids is 3. The van der Waals surface area contributed by atoms with Crippen LogP contribution in [0.2, 0.25) is 0 Å². The van der Waals surface area contributed by atoms with E-state index >= 15 is 0 Å². The highest BCUT2D eigenvalue weighted by Crippen LogP contribution is 2.64. The molecule has 0 saturated heterocycles. The number of esters is 2. The summed E-state index contributed by atoms with van der Waals surface area (Å²) in [5, 5.41) is 8.79. The quantitative estimate of drug-likeness (QED) is 0.428. The van der Waals surface area contributed by atoms with E-state index in [9.17, 15) is 14.4 Å². The number of ether oxygens (including phenoxy) is 2. The van der Waals surface area contributed by atoms with Gasteiger partial charge in [0.05, 0.1) is 19.1 Å². The zero-order chi connectivity index (χ0) is 24.7. The molecule has 4 aliphatic rings. The van der Waals surface area contributed by atoms with Crippen LogP contribution in [-0.2, 0) is 23.9 Å². The van der Waals surface area contributed by atoms with E-state index in [0.717, 1.165) is 44.9 Å². The Morgan fingerprint density at radius 1 is 0.853 bits per heavy atom. The molecule has 4 aliphatic carbocycles. The van der Waals surface area contributed by atoms with Crippen LogP contribution in [0.5, 0.6) is 0 Å². The number of Topliss-reactive ketones (excluding diaryl/α,β-unsaturated/α-hetero) is 1. The smallest absolute Gasteiger partial charge is 0.316 e. The summed E-state index contributed by atoms with van der Waals surface area (Å²) in [6.07, 6.45) is 8.92. The lowest BCUT2D eigenvalue weighted by atomic mass is 9.44. The van der Waals surface area contributed by atoms with Crippen molar-refractivity contribution in [2.24, 2.45) is 46.3 Å². The summed E-state index contributed by atoms with van der Waals surface area (Å²) in [5.74, 6) is 0.376. The van der Waals surface area contributed by atoms with Crippen molar-refractivity contribution in [1.29, 1.82) is 5.41 Å². The molecule has 4 fully saturated rings. The minimum absolute atomic E-state index is 0.0827. The lowest BCUT2D eigenvalue weighted by Crippen LogP contribution is -2.57. The fourth-order valence-corrected chi connectivity index (χ4v) is 8.66. The molecule has 34 heavy (non-hydrogen) atoms. The van der Waals surface area contributed by atoms with Gasteiger partial charge in [-0.1, -0.05) is 13.8 Å². The molecular weight excluding hydrogens is 430 g/mol. The van der Waals surface area contributed by atoms with Gasteiger partial charge in [-0.2, -0.15) is 0 Å². The monoisotopic (exact) mass is 473 g/mol. The van der Waals surface area contributed by atoms with Gasteiger partial charge in [-0.05, 0) is 107 Å². The van der Waals surface area contributed by atoms with Crippen LogP contribution >= 0.6 is 0 Å². The van der Waals surface area contributed by atoms with Crippen LogP contribution in [0.4, 0.5) is 0 Å². The normalized spacial score (nSPS) is 42.0. The highest BCUT2D eigenvalue weighted by atomic mass is 16.5. The van der Waals surface area contributed by atoms with Crippen molar-refractivity contribution >= 4 is 23.4 Å². The van der Waals surface area contributed by atoms with Crippen molar-refractivity contribution in [3.8, 4) is 0 Å². The lowest BCUT2D eigenvalue weighted by molar-refractivity contribution is -0.167. The summed E-state index contributed by atoms with van der Waals surface area (Å²) in [6, 6.07) is 0. The van der Waals surface area contributed by atoms with E-state index < -0.39 is 17.3 Å². The molecule has 0 spiro atoms. The van der Waals surface area contributed by atoms with Crippen LogP contribution < -0.4 is 0 Å². The first-order valence-corrected chi connectivity index (χ1v) is 13.7. The number of carbonyl (C=O) groups is 3. The molecule has 0 aromatic heterocycles. The fourth-order valence-electron chi connectivity index (χ4n) is 8.66. The molecular formula is C28H43NO5. The van der Waals surface area contributed by atoms with Gasteiger partial charge in [0.25, 0.3) is 0 Å². The zero-order valence-corrected chi connectivity index (χ0v) is 21.5. The van der Waals surface area contributed by atoms with E-state index in [2.05, 4.69) is 13.8 Å². The van der Waals surface area contributed by atoms with Gasteiger partial charge in [0, 0.05) is 11.1 Å². The summed E-state index contributed by atoms with van der Waals surface area (Å²) < 4.78 is 10.6. The molecule has 0 bridgehead atoms. The third kappa shape index (κ3) is 4.03. The molecule has 8 unspecified atom stereocenters. The highest BCUT2D eigenvalue weighted by molar-refractivity contribution is 6.03. The number of ketones is 1. The standard InChI is InChI=1S/C28H43NO5/c1-5-28-15-13-17-18(22(28)11-8-19(23(29)16-28)25(31)33-6-2)12-14-27(4)21(17)10-9-20(24(27)30)26(32)34-7-3/h17-22,29H,5-16H2,1-4H3. The fraction of sp³-hybridized carbons (Fsp3) is 0.857. The van der Waals surface area contributed by atoms with E-state index in [1.165, 1.54) is 0 Å². The minimum atomic E-state index is -0.597. The van der Waals surface area contributed by atoms with Crippen LogP contribution in [0.25, 0.3) is 0 Å².